The first-order valence-corrected chi connectivity index (χ1v) is 12.6. The Bertz CT molecular complexity index is 999. The summed E-state index contributed by atoms with van der Waals surface area (Å²) in [5, 5.41) is 15.0. The standard InChI is InChI=1S/C26H32O5P2/c1-26(2,3)16-14-21(32-24-17(28-4)10-8-11-18(24)29-5)23(27)22(15-16)33-25-19(30-6)12-9-13-20(25)31-7/h8-15,27,32-33H,1-7H3. The Hall–Kier alpha value is -2.48. The molecule has 0 aliphatic heterocycles. The van der Waals surface area contributed by atoms with E-state index in [1.165, 1.54) is 0 Å². The molecule has 0 saturated carbocycles. The molecule has 0 radical (unpaired) electrons. The number of phenols is 1. The highest BCUT2D eigenvalue weighted by Gasteiger charge is 2.22. The Kier molecular flexibility index (Phi) is 8.10. The van der Waals surface area contributed by atoms with Gasteiger partial charge in [-0.1, -0.05) is 32.9 Å². The number of rotatable bonds is 8. The predicted octanol–water partition coefficient (Wildman–Crippen LogP) is 3.98. The van der Waals surface area contributed by atoms with E-state index in [1.54, 1.807) is 28.4 Å². The van der Waals surface area contributed by atoms with Crippen molar-refractivity contribution in [2.24, 2.45) is 0 Å². The molecule has 0 bridgehead atoms. The second-order valence-corrected chi connectivity index (χ2v) is 11.1. The topological polar surface area (TPSA) is 57.2 Å². The summed E-state index contributed by atoms with van der Waals surface area (Å²) in [4.78, 5) is 0. The zero-order chi connectivity index (χ0) is 24.2. The largest absolute Gasteiger partial charge is 0.507 e. The van der Waals surface area contributed by atoms with Crippen LogP contribution in [0.4, 0.5) is 0 Å². The van der Waals surface area contributed by atoms with Crippen molar-refractivity contribution < 1.29 is 24.1 Å². The van der Waals surface area contributed by atoms with E-state index in [-0.39, 0.29) is 28.3 Å². The maximum Gasteiger partial charge on any atom is 0.131 e. The highest BCUT2D eigenvalue weighted by atomic mass is 31.1. The number of ether oxygens (including phenoxy) is 4. The van der Waals surface area contributed by atoms with Crippen molar-refractivity contribution in [1.29, 1.82) is 0 Å². The SMILES string of the molecule is COc1cccc(OC)c1Pc1cc(C(C)(C)C)cc(Pc2c(OC)cccc2OC)c1O. The lowest BCUT2D eigenvalue weighted by Gasteiger charge is -2.23. The summed E-state index contributed by atoms with van der Waals surface area (Å²) in [7, 11) is 6.90. The lowest BCUT2D eigenvalue weighted by molar-refractivity contribution is 0.401. The monoisotopic (exact) mass is 486 g/mol. The van der Waals surface area contributed by atoms with Crippen LogP contribution in [0.3, 0.4) is 0 Å². The molecule has 2 atom stereocenters. The Morgan fingerprint density at radius 1 is 0.636 bits per heavy atom. The van der Waals surface area contributed by atoms with E-state index < -0.39 is 0 Å². The van der Waals surface area contributed by atoms with Crippen LogP contribution in [0.25, 0.3) is 0 Å². The Morgan fingerprint density at radius 2 is 0.970 bits per heavy atom. The first kappa shape index (κ1) is 25.1. The van der Waals surface area contributed by atoms with Crippen molar-refractivity contribution >= 4 is 38.4 Å². The van der Waals surface area contributed by atoms with E-state index in [2.05, 4.69) is 32.9 Å². The molecule has 0 saturated heterocycles. The quantitative estimate of drug-likeness (QED) is 0.488. The van der Waals surface area contributed by atoms with Gasteiger partial charge in [0.2, 0.25) is 0 Å². The van der Waals surface area contributed by atoms with Crippen molar-refractivity contribution in [1.82, 2.24) is 0 Å². The van der Waals surface area contributed by atoms with Crippen LogP contribution in [0.5, 0.6) is 28.7 Å². The van der Waals surface area contributed by atoms with Gasteiger partial charge >= 0.3 is 0 Å². The van der Waals surface area contributed by atoms with Crippen LogP contribution in [-0.2, 0) is 5.41 Å². The molecule has 2 unspecified atom stereocenters. The fourth-order valence-electron chi connectivity index (χ4n) is 3.48. The van der Waals surface area contributed by atoms with Gasteiger partial charge in [-0.15, -0.1) is 0 Å². The number of hydrogen-bond donors (Lipinski definition) is 1. The summed E-state index contributed by atoms with van der Waals surface area (Å²) in [5.41, 5.74) is 1.05. The van der Waals surface area contributed by atoms with E-state index in [0.717, 1.165) is 49.8 Å². The second-order valence-electron chi connectivity index (χ2n) is 8.50. The minimum absolute atomic E-state index is 0.0954. The highest BCUT2D eigenvalue weighted by Crippen LogP contribution is 2.35. The third-order valence-electron chi connectivity index (χ3n) is 5.35. The minimum atomic E-state index is -0.0954. The average Bonchev–Trinajstić information content (AvgIpc) is 2.80. The summed E-state index contributed by atoms with van der Waals surface area (Å²) < 4.78 is 22.4. The molecule has 0 aliphatic carbocycles. The molecule has 5 nitrogen and oxygen atoms in total. The summed E-state index contributed by atoms with van der Waals surface area (Å²) in [5.74, 6) is 3.24. The zero-order valence-corrected chi connectivity index (χ0v) is 22.2. The van der Waals surface area contributed by atoms with Gasteiger partial charge in [-0.25, -0.2) is 0 Å². The number of phenolic OH excluding ortho intramolecular Hbond substituents is 1. The first-order chi connectivity index (χ1) is 15.7. The summed E-state index contributed by atoms with van der Waals surface area (Å²) >= 11 is 0. The van der Waals surface area contributed by atoms with Crippen molar-refractivity contribution in [3.8, 4) is 28.7 Å². The Labute approximate surface area is 200 Å². The van der Waals surface area contributed by atoms with Crippen LogP contribution in [0, 0.1) is 0 Å². The smallest absolute Gasteiger partial charge is 0.131 e. The van der Waals surface area contributed by atoms with Gasteiger partial charge in [0, 0.05) is 10.6 Å². The van der Waals surface area contributed by atoms with Gasteiger partial charge in [0.05, 0.1) is 39.0 Å². The third-order valence-corrected chi connectivity index (χ3v) is 8.14. The Balaban J connectivity index is 2.17. The number of aromatic hydroxyl groups is 1. The molecule has 3 rings (SSSR count). The lowest BCUT2D eigenvalue weighted by Crippen LogP contribution is -2.21. The molecule has 176 valence electrons. The van der Waals surface area contributed by atoms with Gasteiger partial charge in [-0.2, -0.15) is 0 Å². The van der Waals surface area contributed by atoms with Crippen molar-refractivity contribution in [3.63, 3.8) is 0 Å². The number of methoxy groups -OCH3 is 4. The molecular weight excluding hydrogens is 454 g/mol. The maximum absolute atomic E-state index is 11.4. The lowest BCUT2D eigenvalue weighted by atomic mass is 9.87. The molecule has 0 amide bonds. The van der Waals surface area contributed by atoms with Crippen LogP contribution in [0.1, 0.15) is 26.3 Å². The Morgan fingerprint density at radius 3 is 1.24 bits per heavy atom. The number of hydrogen-bond acceptors (Lipinski definition) is 5. The zero-order valence-electron chi connectivity index (χ0n) is 20.2. The summed E-state index contributed by atoms with van der Waals surface area (Å²) in [6.45, 7) is 6.52. The maximum atomic E-state index is 11.4. The van der Waals surface area contributed by atoms with E-state index >= 15 is 0 Å². The molecule has 0 spiro atoms. The predicted molar refractivity (Wildman–Crippen MR) is 141 cm³/mol. The van der Waals surface area contributed by atoms with Gasteiger partial charge in [0.1, 0.15) is 28.7 Å². The van der Waals surface area contributed by atoms with Crippen LogP contribution < -0.4 is 40.2 Å². The third kappa shape index (κ3) is 5.54. The van der Waals surface area contributed by atoms with Crippen LogP contribution >= 0.6 is 17.2 Å². The highest BCUT2D eigenvalue weighted by molar-refractivity contribution is 7.58. The molecule has 1 N–H and O–H groups in total. The second kappa shape index (κ2) is 10.6. The average molecular weight is 486 g/mol. The molecule has 0 fully saturated rings. The van der Waals surface area contributed by atoms with Gasteiger partial charge in [0.15, 0.2) is 0 Å². The fraction of sp³-hybridized carbons (Fsp3) is 0.308. The molecule has 3 aromatic rings. The van der Waals surface area contributed by atoms with Crippen molar-refractivity contribution in [2.75, 3.05) is 28.4 Å². The molecular formula is C26H32O5P2. The van der Waals surface area contributed by atoms with E-state index in [9.17, 15) is 5.11 Å². The fourth-order valence-corrected chi connectivity index (χ4v) is 6.34. The molecule has 0 aromatic heterocycles. The van der Waals surface area contributed by atoms with Gasteiger partial charge in [0.25, 0.3) is 0 Å². The van der Waals surface area contributed by atoms with Gasteiger partial charge in [-0.05, 0) is 64.5 Å². The van der Waals surface area contributed by atoms with E-state index in [1.807, 2.05) is 36.4 Å². The van der Waals surface area contributed by atoms with Gasteiger partial charge in [-0.3, -0.25) is 0 Å². The van der Waals surface area contributed by atoms with E-state index in [4.69, 9.17) is 18.9 Å². The van der Waals surface area contributed by atoms with Crippen molar-refractivity contribution in [2.45, 2.75) is 26.2 Å². The normalized spacial score (nSPS) is 12.0. The minimum Gasteiger partial charge on any atom is -0.507 e. The van der Waals surface area contributed by atoms with Crippen molar-refractivity contribution in [3.05, 3.63) is 54.1 Å². The van der Waals surface area contributed by atoms with Crippen LogP contribution in [0.15, 0.2) is 48.5 Å². The first-order valence-electron chi connectivity index (χ1n) is 10.6. The molecule has 0 heterocycles. The summed E-state index contributed by atoms with van der Waals surface area (Å²) in [6, 6.07) is 15.6. The van der Waals surface area contributed by atoms with Gasteiger partial charge < -0.3 is 24.1 Å². The number of benzene rings is 3. The van der Waals surface area contributed by atoms with Crippen LogP contribution in [0.2, 0.25) is 0 Å². The molecule has 33 heavy (non-hydrogen) atoms. The molecule has 7 heteroatoms. The van der Waals surface area contributed by atoms with E-state index in [0.29, 0.717) is 0 Å². The van der Waals surface area contributed by atoms with Crippen LogP contribution in [-0.4, -0.2) is 33.5 Å². The molecule has 3 aromatic carbocycles. The molecule has 0 aliphatic rings. The summed E-state index contributed by atoms with van der Waals surface area (Å²) in [6.07, 6.45) is 0.